The van der Waals surface area contributed by atoms with Gasteiger partial charge in [0.05, 0.1) is 19.3 Å². The third-order valence-corrected chi connectivity index (χ3v) is 8.53. The van der Waals surface area contributed by atoms with Gasteiger partial charge in [-0.25, -0.2) is 4.57 Å². The zero-order valence-corrected chi connectivity index (χ0v) is 33.9. The second-order valence-corrected chi connectivity index (χ2v) is 14.0. The maximum atomic E-state index is 12.5. The number of phosphoric acid groups is 1. The van der Waals surface area contributed by atoms with E-state index in [-0.39, 0.29) is 32.6 Å². The van der Waals surface area contributed by atoms with Gasteiger partial charge in [0.2, 0.25) is 0 Å². The van der Waals surface area contributed by atoms with Gasteiger partial charge in [0.1, 0.15) is 6.61 Å². The zero-order valence-electron chi connectivity index (χ0n) is 33.0. The monoisotopic (exact) mass is 775 g/mol. The highest BCUT2D eigenvalue weighted by Crippen LogP contribution is 2.43. The van der Waals surface area contributed by atoms with E-state index in [4.69, 9.17) is 24.3 Å². The number of hydrogen-bond acceptors (Lipinski definition) is 9. The number of phosphoric ester groups is 1. The summed E-state index contributed by atoms with van der Waals surface area (Å²) in [6.07, 6.45) is 44.9. The van der Waals surface area contributed by atoms with Gasteiger partial charge in [0.25, 0.3) is 0 Å². The topological polar surface area (TPSA) is 155 Å². The van der Waals surface area contributed by atoms with Gasteiger partial charge >= 0.3 is 19.8 Å². The third-order valence-electron chi connectivity index (χ3n) is 7.55. The fraction of sp³-hybridized carbons (Fsp3) is 0.581. The van der Waals surface area contributed by atoms with Gasteiger partial charge in [-0.15, -0.1) is 0 Å². The van der Waals surface area contributed by atoms with Crippen LogP contribution in [-0.4, -0.2) is 60.5 Å². The maximum Gasteiger partial charge on any atom is 0.472 e. The van der Waals surface area contributed by atoms with E-state index in [1.807, 2.05) is 36.5 Å². The van der Waals surface area contributed by atoms with E-state index < -0.39 is 38.6 Å². The Balaban J connectivity index is 4.40. The number of carbonyl (C=O) groups excluding carboxylic acids is 2. The van der Waals surface area contributed by atoms with E-state index in [1.165, 1.54) is 0 Å². The van der Waals surface area contributed by atoms with Crippen LogP contribution in [0.15, 0.2) is 97.2 Å². The molecular weight excluding hydrogens is 705 g/mol. The first-order chi connectivity index (χ1) is 26.2. The van der Waals surface area contributed by atoms with Crippen LogP contribution in [0.25, 0.3) is 0 Å². The van der Waals surface area contributed by atoms with Crippen molar-refractivity contribution in [1.29, 1.82) is 0 Å². The van der Waals surface area contributed by atoms with Crippen molar-refractivity contribution in [3.63, 3.8) is 0 Å². The number of esters is 2. The van der Waals surface area contributed by atoms with Crippen molar-refractivity contribution in [2.24, 2.45) is 5.73 Å². The molecule has 10 nitrogen and oxygen atoms in total. The molecule has 0 aromatic heterocycles. The maximum absolute atomic E-state index is 12.5. The number of hydrogen-bond donors (Lipinski definition) is 3. The smallest absolute Gasteiger partial charge is 0.462 e. The molecule has 0 radical (unpaired) electrons. The number of aliphatic hydroxyl groups is 1. The molecule has 54 heavy (non-hydrogen) atoms. The molecule has 0 bridgehead atoms. The van der Waals surface area contributed by atoms with Crippen LogP contribution in [0.4, 0.5) is 0 Å². The summed E-state index contributed by atoms with van der Waals surface area (Å²) in [5.74, 6) is -0.964. The Kier molecular flexibility index (Phi) is 36.0. The van der Waals surface area contributed by atoms with Crippen molar-refractivity contribution in [2.45, 2.75) is 135 Å². The lowest BCUT2D eigenvalue weighted by atomic mass is 10.1. The van der Waals surface area contributed by atoms with E-state index in [0.29, 0.717) is 25.7 Å². The Morgan fingerprint density at radius 3 is 1.85 bits per heavy atom. The van der Waals surface area contributed by atoms with Crippen LogP contribution in [0.1, 0.15) is 123 Å². The number of aliphatic hydroxyl groups excluding tert-OH is 1. The summed E-state index contributed by atoms with van der Waals surface area (Å²) in [7, 11) is -4.41. The first kappa shape index (κ1) is 50.9. The molecule has 306 valence electrons. The zero-order chi connectivity index (χ0) is 39.8. The summed E-state index contributed by atoms with van der Waals surface area (Å²) in [4.78, 5) is 34.8. The summed E-state index contributed by atoms with van der Waals surface area (Å²) in [6.45, 7) is 3.26. The van der Waals surface area contributed by atoms with Crippen molar-refractivity contribution in [2.75, 3.05) is 26.4 Å². The Labute approximate surface area is 326 Å². The standard InChI is InChI=1S/C43H70NO9P/c1-3-5-7-8-9-10-11-12-13-14-15-16-17-20-24-27-31-35-43(47)53-41(39-52-54(48,49)51-37-36-44)38-50-42(46)34-30-26-23-21-18-19-22-25-29-33-40(45)32-28-6-4-2/h5-7,9-10,12-13,15-16,20,22,24-25,28-29,33,40-41,45H,3-4,8,11,14,17-19,21,23,26-27,30-32,34-39,44H2,1-2H3,(H,48,49)/b7-5-,10-9-,13-12-,16-15-,24-20-,25-22+,28-6+,33-29+/t40?,41-/m1/s1. The van der Waals surface area contributed by atoms with Crippen molar-refractivity contribution in [3.05, 3.63) is 97.2 Å². The van der Waals surface area contributed by atoms with E-state index in [0.717, 1.165) is 70.6 Å². The molecule has 0 aliphatic rings. The van der Waals surface area contributed by atoms with Gasteiger partial charge < -0.3 is 25.2 Å². The van der Waals surface area contributed by atoms with Crippen LogP contribution < -0.4 is 5.73 Å². The molecule has 3 atom stereocenters. The van der Waals surface area contributed by atoms with Gasteiger partial charge in [-0.1, -0.05) is 130 Å². The van der Waals surface area contributed by atoms with E-state index in [9.17, 15) is 24.2 Å². The predicted molar refractivity (Wildman–Crippen MR) is 221 cm³/mol. The number of nitrogens with two attached hydrogens (primary N) is 1. The van der Waals surface area contributed by atoms with Crippen LogP contribution >= 0.6 is 7.82 Å². The molecule has 0 heterocycles. The number of carbonyl (C=O) groups is 2. The number of unbranched alkanes of at least 4 members (excludes halogenated alkanes) is 6. The van der Waals surface area contributed by atoms with Crippen LogP contribution in [0, 0.1) is 0 Å². The molecule has 0 rings (SSSR count). The minimum absolute atomic E-state index is 0.0276. The minimum Gasteiger partial charge on any atom is -0.462 e. The molecule has 0 aliphatic heterocycles. The Morgan fingerprint density at radius 2 is 1.20 bits per heavy atom. The molecule has 0 aromatic carbocycles. The number of rotatable bonds is 35. The summed E-state index contributed by atoms with van der Waals surface area (Å²) in [6, 6.07) is 0. The van der Waals surface area contributed by atoms with Gasteiger partial charge in [-0.3, -0.25) is 18.6 Å². The first-order valence-corrected chi connectivity index (χ1v) is 21.3. The van der Waals surface area contributed by atoms with Crippen molar-refractivity contribution < 1.29 is 42.7 Å². The lowest BCUT2D eigenvalue weighted by Crippen LogP contribution is -2.29. The molecule has 4 N–H and O–H groups in total. The molecule has 0 spiro atoms. The molecule has 0 aliphatic carbocycles. The Hall–Kier alpha value is -3.11. The largest absolute Gasteiger partial charge is 0.472 e. The molecule has 0 fully saturated rings. The Morgan fingerprint density at radius 1 is 0.648 bits per heavy atom. The third kappa shape index (κ3) is 37.2. The van der Waals surface area contributed by atoms with Crippen molar-refractivity contribution >= 4 is 19.8 Å². The van der Waals surface area contributed by atoms with Crippen LogP contribution in [0.2, 0.25) is 0 Å². The lowest BCUT2D eigenvalue weighted by Gasteiger charge is -2.19. The first-order valence-electron chi connectivity index (χ1n) is 19.8. The van der Waals surface area contributed by atoms with Gasteiger partial charge in [-0.2, -0.15) is 0 Å². The number of allylic oxidation sites excluding steroid dienone is 14. The van der Waals surface area contributed by atoms with Gasteiger partial charge in [0.15, 0.2) is 6.10 Å². The SMILES string of the molecule is CC/C=C\C/C=C\C/C=C\C/C=C\C/C=C\CCCC(=O)O[C@H](COC(=O)CCCCCCC/C=C/C=C/C(O)C/C=C/CC)COP(=O)(O)OCCN. The molecule has 0 saturated heterocycles. The molecule has 0 saturated carbocycles. The predicted octanol–water partition coefficient (Wildman–Crippen LogP) is 10.0. The minimum atomic E-state index is -4.41. The molecule has 0 aromatic rings. The lowest BCUT2D eigenvalue weighted by molar-refractivity contribution is -0.161. The molecule has 11 heteroatoms. The summed E-state index contributed by atoms with van der Waals surface area (Å²) in [5.41, 5.74) is 5.33. The van der Waals surface area contributed by atoms with Crippen molar-refractivity contribution in [3.8, 4) is 0 Å². The highest BCUT2D eigenvalue weighted by molar-refractivity contribution is 7.47. The summed E-state index contributed by atoms with van der Waals surface area (Å²) in [5, 5.41) is 9.85. The normalized spacial score (nSPS) is 15.0. The fourth-order valence-electron chi connectivity index (χ4n) is 4.64. The summed E-state index contributed by atoms with van der Waals surface area (Å²) < 4.78 is 32.6. The van der Waals surface area contributed by atoms with Crippen molar-refractivity contribution in [1.82, 2.24) is 0 Å². The van der Waals surface area contributed by atoms with Crippen LogP contribution in [0.5, 0.6) is 0 Å². The summed E-state index contributed by atoms with van der Waals surface area (Å²) >= 11 is 0. The van der Waals surface area contributed by atoms with E-state index in [2.05, 4.69) is 68.5 Å². The average molecular weight is 776 g/mol. The fourth-order valence-corrected chi connectivity index (χ4v) is 5.41. The van der Waals surface area contributed by atoms with Gasteiger partial charge in [0, 0.05) is 19.4 Å². The highest BCUT2D eigenvalue weighted by atomic mass is 31.2. The van der Waals surface area contributed by atoms with E-state index >= 15 is 0 Å². The van der Waals surface area contributed by atoms with Gasteiger partial charge in [-0.05, 0) is 77.0 Å². The molecule has 0 amide bonds. The molecule has 2 unspecified atom stereocenters. The second kappa shape index (κ2) is 38.2. The quantitative estimate of drug-likeness (QED) is 0.0186. The molecular formula is C43H70NO9P. The van der Waals surface area contributed by atoms with Crippen LogP contribution in [0.3, 0.4) is 0 Å². The Bertz CT molecular complexity index is 1220. The number of ether oxygens (including phenoxy) is 2. The van der Waals surface area contributed by atoms with Crippen LogP contribution in [-0.2, 0) is 32.7 Å². The highest BCUT2D eigenvalue weighted by Gasteiger charge is 2.25. The second-order valence-electron chi connectivity index (χ2n) is 12.6. The average Bonchev–Trinajstić information content (AvgIpc) is 3.15. The van der Waals surface area contributed by atoms with E-state index in [1.54, 1.807) is 6.08 Å².